The molecule has 0 saturated heterocycles. The van der Waals surface area contributed by atoms with Crippen LogP contribution in [0.1, 0.15) is 0 Å². The first-order chi connectivity index (χ1) is 11.7. The van der Waals surface area contributed by atoms with E-state index < -0.39 is 0 Å². The summed E-state index contributed by atoms with van der Waals surface area (Å²) in [5.74, 6) is 0.462. The van der Waals surface area contributed by atoms with Gasteiger partial charge in [0.05, 0.1) is 7.11 Å². The zero-order valence-electron chi connectivity index (χ0n) is 13.0. The summed E-state index contributed by atoms with van der Waals surface area (Å²) in [6, 6.07) is 20.5. The third-order valence-corrected chi connectivity index (χ3v) is 4.61. The lowest BCUT2D eigenvalue weighted by Gasteiger charge is -2.15. The monoisotopic (exact) mass is 336 g/mol. The smallest absolute Gasteiger partial charge is 0.131 e. The number of ether oxygens (including phenoxy) is 1. The summed E-state index contributed by atoms with van der Waals surface area (Å²) in [4.78, 5) is 0. The van der Waals surface area contributed by atoms with Crippen LogP contribution in [0.25, 0.3) is 32.7 Å². The minimum absolute atomic E-state index is 0.281. The molecular weight excluding hydrogens is 323 g/mol. The average molecular weight is 337 g/mol. The van der Waals surface area contributed by atoms with Crippen LogP contribution in [0.4, 0.5) is 4.39 Å². The van der Waals surface area contributed by atoms with Crippen LogP contribution in [0.15, 0.2) is 66.7 Å². The van der Waals surface area contributed by atoms with Gasteiger partial charge in [-0.25, -0.2) is 4.39 Å². The Morgan fingerprint density at radius 1 is 0.792 bits per heavy atom. The summed E-state index contributed by atoms with van der Waals surface area (Å²) in [7, 11) is 1.64. The molecule has 4 aromatic carbocycles. The van der Waals surface area contributed by atoms with E-state index in [9.17, 15) is 4.39 Å². The van der Waals surface area contributed by atoms with Crippen LogP contribution in [0, 0.1) is 5.82 Å². The second-order valence-electron chi connectivity index (χ2n) is 5.62. The molecule has 0 radical (unpaired) electrons. The molecule has 4 rings (SSSR count). The number of benzene rings is 4. The van der Waals surface area contributed by atoms with Gasteiger partial charge < -0.3 is 4.74 Å². The Morgan fingerprint density at radius 3 is 2.21 bits per heavy atom. The molecule has 4 aromatic rings. The average Bonchev–Trinajstić information content (AvgIpc) is 2.61. The predicted octanol–water partition coefficient (Wildman–Crippen LogP) is 6.46. The van der Waals surface area contributed by atoms with E-state index in [1.165, 1.54) is 6.07 Å². The Hall–Kier alpha value is -2.58. The Labute approximate surface area is 144 Å². The highest BCUT2D eigenvalue weighted by atomic mass is 35.5. The summed E-state index contributed by atoms with van der Waals surface area (Å²) in [5, 5.41) is 3.83. The van der Waals surface area contributed by atoms with Crippen molar-refractivity contribution in [2.45, 2.75) is 0 Å². The molecule has 0 heterocycles. The van der Waals surface area contributed by atoms with Crippen LogP contribution in [0.2, 0.25) is 5.02 Å². The van der Waals surface area contributed by atoms with Crippen LogP contribution in [0.5, 0.6) is 5.75 Å². The standard InChI is InChI=1S/C21H14ClFO/c1-24-18-10-4-7-13-5-2-8-15(19(13)18)21-16(22)12-11-14-6-3-9-17(23)20(14)21/h2-12H,1H3. The van der Waals surface area contributed by atoms with Gasteiger partial charge in [0.25, 0.3) is 0 Å². The van der Waals surface area contributed by atoms with Gasteiger partial charge in [-0.2, -0.15) is 0 Å². The molecule has 0 atom stereocenters. The maximum absolute atomic E-state index is 14.6. The molecule has 0 aliphatic rings. The third kappa shape index (κ3) is 2.22. The van der Waals surface area contributed by atoms with Crippen molar-refractivity contribution in [3.63, 3.8) is 0 Å². The van der Waals surface area contributed by atoms with E-state index in [0.29, 0.717) is 16.0 Å². The molecule has 0 aromatic heterocycles. The van der Waals surface area contributed by atoms with Gasteiger partial charge >= 0.3 is 0 Å². The van der Waals surface area contributed by atoms with E-state index in [1.807, 2.05) is 54.6 Å². The number of hydrogen-bond acceptors (Lipinski definition) is 1. The van der Waals surface area contributed by atoms with Crippen molar-refractivity contribution in [1.82, 2.24) is 0 Å². The molecule has 0 aliphatic heterocycles. The molecule has 0 bridgehead atoms. The van der Waals surface area contributed by atoms with Crippen LogP contribution >= 0.6 is 11.6 Å². The van der Waals surface area contributed by atoms with Gasteiger partial charge in [-0.15, -0.1) is 0 Å². The molecule has 24 heavy (non-hydrogen) atoms. The highest BCUT2D eigenvalue weighted by Crippen LogP contribution is 2.42. The van der Waals surface area contributed by atoms with Gasteiger partial charge in [0.2, 0.25) is 0 Å². The summed E-state index contributed by atoms with van der Waals surface area (Å²) in [5.41, 5.74) is 1.56. The minimum atomic E-state index is -0.281. The molecule has 3 heteroatoms. The van der Waals surface area contributed by atoms with Crippen LogP contribution in [-0.4, -0.2) is 7.11 Å². The Balaban J connectivity index is 2.21. The topological polar surface area (TPSA) is 9.23 Å². The Bertz CT molecular complexity index is 1070. The first-order valence-corrected chi connectivity index (χ1v) is 8.01. The largest absolute Gasteiger partial charge is 0.496 e. The van der Waals surface area contributed by atoms with Crippen LogP contribution in [0.3, 0.4) is 0 Å². The van der Waals surface area contributed by atoms with E-state index in [0.717, 1.165) is 27.5 Å². The van der Waals surface area contributed by atoms with Crippen molar-refractivity contribution in [1.29, 1.82) is 0 Å². The third-order valence-electron chi connectivity index (χ3n) is 4.30. The molecule has 0 unspecified atom stereocenters. The molecule has 1 nitrogen and oxygen atoms in total. The van der Waals surface area contributed by atoms with E-state index in [2.05, 4.69) is 0 Å². The van der Waals surface area contributed by atoms with Crippen molar-refractivity contribution in [2.24, 2.45) is 0 Å². The van der Waals surface area contributed by atoms with Gasteiger partial charge in [-0.1, -0.05) is 60.1 Å². The number of rotatable bonds is 2. The SMILES string of the molecule is COc1cccc2cccc(-c3c(Cl)ccc4cccc(F)c34)c12. The van der Waals surface area contributed by atoms with Gasteiger partial charge in [0.1, 0.15) is 11.6 Å². The Morgan fingerprint density at radius 2 is 1.46 bits per heavy atom. The van der Waals surface area contributed by atoms with Crippen molar-refractivity contribution in [3.05, 3.63) is 77.6 Å². The van der Waals surface area contributed by atoms with Crippen molar-refractivity contribution < 1.29 is 9.13 Å². The summed E-state index contributed by atoms with van der Waals surface area (Å²) in [6.07, 6.45) is 0. The van der Waals surface area contributed by atoms with Gasteiger partial charge in [-0.3, -0.25) is 0 Å². The maximum Gasteiger partial charge on any atom is 0.131 e. The van der Waals surface area contributed by atoms with Crippen LogP contribution in [-0.2, 0) is 0 Å². The molecule has 0 spiro atoms. The van der Waals surface area contributed by atoms with Crippen molar-refractivity contribution in [3.8, 4) is 16.9 Å². The second-order valence-corrected chi connectivity index (χ2v) is 6.03. The predicted molar refractivity (Wildman–Crippen MR) is 98.4 cm³/mol. The van der Waals surface area contributed by atoms with E-state index in [-0.39, 0.29) is 5.82 Å². The van der Waals surface area contributed by atoms with E-state index in [1.54, 1.807) is 13.2 Å². The molecule has 0 fully saturated rings. The molecule has 0 amide bonds. The quantitative estimate of drug-likeness (QED) is 0.408. The van der Waals surface area contributed by atoms with E-state index in [4.69, 9.17) is 16.3 Å². The lowest BCUT2D eigenvalue weighted by molar-refractivity contribution is 0.420. The summed E-state index contributed by atoms with van der Waals surface area (Å²) >= 11 is 6.50. The molecule has 0 aliphatic carbocycles. The minimum Gasteiger partial charge on any atom is -0.496 e. The zero-order chi connectivity index (χ0) is 16.7. The first-order valence-electron chi connectivity index (χ1n) is 7.63. The number of hydrogen-bond donors (Lipinski definition) is 0. The fraction of sp³-hybridized carbons (Fsp3) is 0.0476. The molecule has 0 N–H and O–H groups in total. The Kier molecular flexibility index (Phi) is 3.62. The zero-order valence-corrected chi connectivity index (χ0v) is 13.8. The normalized spacial score (nSPS) is 11.1. The van der Waals surface area contributed by atoms with Crippen molar-refractivity contribution >= 4 is 33.1 Å². The number of methoxy groups -OCH3 is 1. The maximum atomic E-state index is 14.6. The first kappa shape index (κ1) is 15.0. The second kappa shape index (κ2) is 5.81. The highest BCUT2D eigenvalue weighted by molar-refractivity contribution is 6.35. The van der Waals surface area contributed by atoms with Gasteiger partial charge in [-0.05, 0) is 34.5 Å². The number of fused-ring (bicyclic) bond motifs is 2. The molecule has 118 valence electrons. The molecular formula is C21H14ClFO. The summed E-state index contributed by atoms with van der Waals surface area (Å²) < 4.78 is 20.1. The lowest BCUT2D eigenvalue weighted by Crippen LogP contribution is -1.91. The summed E-state index contributed by atoms with van der Waals surface area (Å²) in [6.45, 7) is 0. The lowest BCUT2D eigenvalue weighted by atomic mass is 9.93. The van der Waals surface area contributed by atoms with Crippen LogP contribution < -0.4 is 4.74 Å². The number of halogens is 2. The molecule has 0 saturated carbocycles. The van der Waals surface area contributed by atoms with E-state index >= 15 is 0 Å². The van der Waals surface area contributed by atoms with Crippen molar-refractivity contribution in [2.75, 3.05) is 7.11 Å². The van der Waals surface area contributed by atoms with Gasteiger partial charge in [0.15, 0.2) is 0 Å². The fourth-order valence-corrected chi connectivity index (χ4v) is 3.52. The highest BCUT2D eigenvalue weighted by Gasteiger charge is 2.16. The van der Waals surface area contributed by atoms with Gasteiger partial charge in [0, 0.05) is 21.4 Å². The fourth-order valence-electron chi connectivity index (χ4n) is 3.26.